The molecule has 2 aromatic heterocycles. The van der Waals surface area contributed by atoms with Crippen molar-refractivity contribution in [2.75, 3.05) is 0 Å². The Kier molecular flexibility index (Phi) is 5.16. The minimum atomic E-state index is -0.399. The van der Waals surface area contributed by atoms with Crippen molar-refractivity contribution < 1.29 is 9.50 Å². The molecular weight excluding hydrogens is 398 g/mol. The van der Waals surface area contributed by atoms with Gasteiger partial charge in [-0.15, -0.1) is 0 Å². The van der Waals surface area contributed by atoms with Crippen LogP contribution < -0.4 is 0 Å². The van der Waals surface area contributed by atoms with Crippen LogP contribution in [0.5, 0.6) is 5.75 Å². The van der Waals surface area contributed by atoms with E-state index >= 15 is 0 Å². The minimum absolute atomic E-state index is 0.0984. The molecule has 0 fully saturated rings. The number of phenols is 1. The molecule has 4 rings (SSSR count). The Morgan fingerprint density at radius 3 is 2.46 bits per heavy atom. The zero-order valence-corrected chi connectivity index (χ0v) is 16.1. The number of hydrogen-bond acceptors (Lipinski definition) is 3. The molecule has 4 aromatic rings. The molecule has 0 saturated heterocycles. The van der Waals surface area contributed by atoms with E-state index in [-0.39, 0.29) is 11.7 Å². The first-order valence-corrected chi connectivity index (χ1v) is 9.40. The highest BCUT2D eigenvalue weighted by Gasteiger charge is 2.22. The highest BCUT2D eigenvalue weighted by Crippen LogP contribution is 2.39. The fourth-order valence-corrected chi connectivity index (χ4v) is 3.89. The van der Waals surface area contributed by atoms with Crippen molar-refractivity contribution in [3.63, 3.8) is 0 Å². The lowest BCUT2D eigenvalue weighted by molar-refractivity contribution is 0.469. The molecule has 2 heterocycles. The lowest BCUT2D eigenvalue weighted by atomic mass is 9.86. The van der Waals surface area contributed by atoms with Gasteiger partial charge < -0.3 is 5.11 Å². The lowest BCUT2D eigenvalue weighted by Gasteiger charge is -2.20. The van der Waals surface area contributed by atoms with E-state index in [1.165, 1.54) is 12.3 Å². The van der Waals surface area contributed by atoms with Crippen LogP contribution in [-0.2, 0) is 6.42 Å². The van der Waals surface area contributed by atoms with E-state index in [4.69, 9.17) is 23.2 Å². The molecule has 0 saturated carbocycles. The van der Waals surface area contributed by atoms with Crippen molar-refractivity contribution >= 4 is 34.1 Å². The van der Waals surface area contributed by atoms with Crippen molar-refractivity contribution in [2.45, 2.75) is 12.3 Å². The molecule has 140 valence electrons. The summed E-state index contributed by atoms with van der Waals surface area (Å²) in [6.07, 6.45) is 3.25. The van der Waals surface area contributed by atoms with E-state index in [2.05, 4.69) is 9.97 Å². The Bertz CT molecular complexity index is 1130. The van der Waals surface area contributed by atoms with E-state index in [9.17, 15) is 9.50 Å². The first-order valence-electron chi connectivity index (χ1n) is 8.64. The number of benzene rings is 2. The smallest absolute Gasteiger partial charge is 0.145 e. The summed E-state index contributed by atoms with van der Waals surface area (Å²) in [4.78, 5) is 8.47. The molecule has 0 aliphatic heterocycles. The number of rotatable bonds is 4. The average Bonchev–Trinajstić information content (AvgIpc) is 2.68. The number of halogens is 3. The van der Waals surface area contributed by atoms with Crippen LogP contribution in [0.1, 0.15) is 22.7 Å². The van der Waals surface area contributed by atoms with Gasteiger partial charge in [-0.2, -0.15) is 0 Å². The number of pyridine rings is 2. The molecule has 0 radical (unpaired) electrons. The van der Waals surface area contributed by atoms with Gasteiger partial charge in [0.05, 0.1) is 6.20 Å². The third kappa shape index (κ3) is 3.79. The number of aromatic hydroxyl groups is 1. The Labute approximate surface area is 171 Å². The largest absolute Gasteiger partial charge is 0.505 e. The van der Waals surface area contributed by atoms with Crippen LogP contribution in [0.2, 0.25) is 10.0 Å². The zero-order valence-electron chi connectivity index (χ0n) is 14.6. The molecule has 1 atom stereocenters. The van der Waals surface area contributed by atoms with E-state index in [0.29, 0.717) is 33.2 Å². The molecule has 0 spiro atoms. The van der Waals surface area contributed by atoms with Crippen molar-refractivity contribution in [3.05, 3.63) is 99.7 Å². The third-order valence-corrected chi connectivity index (χ3v) is 5.08. The monoisotopic (exact) mass is 412 g/mol. The van der Waals surface area contributed by atoms with E-state index in [0.717, 1.165) is 10.9 Å². The van der Waals surface area contributed by atoms with E-state index in [1.54, 1.807) is 18.3 Å². The predicted molar refractivity (Wildman–Crippen MR) is 110 cm³/mol. The van der Waals surface area contributed by atoms with Gasteiger partial charge in [0.15, 0.2) is 0 Å². The summed E-state index contributed by atoms with van der Waals surface area (Å²) in [5.41, 5.74) is 2.71. The van der Waals surface area contributed by atoms with Gasteiger partial charge in [-0.1, -0.05) is 41.4 Å². The predicted octanol–water partition coefficient (Wildman–Crippen LogP) is 6.16. The van der Waals surface area contributed by atoms with Gasteiger partial charge in [-0.25, -0.2) is 4.39 Å². The highest BCUT2D eigenvalue weighted by molar-refractivity contribution is 6.34. The van der Waals surface area contributed by atoms with Gasteiger partial charge >= 0.3 is 0 Å². The number of hydrogen-bond donors (Lipinski definition) is 1. The highest BCUT2D eigenvalue weighted by atomic mass is 35.5. The lowest BCUT2D eigenvalue weighted by Crippen LogP contribution is -2.07. The number of phenolic OH excluding ortho intramolecular Hbond substituents is 1. The minimum Gasteiger partial charge on any atom is -0.505 e. The van der Waals surface area contributed by atoms with Crippen molar-refractivity contribution in [2.24, 2.45) is 0 Å². The maximum atomic E-state index is 13.3. The van der Waals surface area contributed by atoms with Gasteiger partial charge in [0.1, 0.15) is 17.1 Å². The Morgan fingerprint density at radius 1 is 0.964 bits per heavy atom. The summed E-state index contributed by atoms with van der Waals surface area (Å²) in [7, 11) is 0. The quantitative estimate of drug-likeness (QED) is 0.436. The molecule has 1 N–H and O–H groups in total. The molecule has 28 heavy (non-hydrogen) atoms. The summed E-state index contributed by atoms with van der Waals surface area (Å²) in [6.45, 7) is 0. The number of nitrogens with zero attached hydrogens (tertiary/aromatic N) is 2. The molecule has 0 amide bonds. The summed E-state index contributed by atoms with van der Waals surface area (Å²) in [5, 5.41) is 12.8. The van der Waals surface area contributed by atoms with Gasteiger partial charge in [-0.05, 0) is 42.0 Å². The molecule has 6 heteroatoms. The molecule has 2 aromatic carbocycles. The Hall–Kier alpha value is -2.69. The molecule has 0 bridgehead atoms. The number of aromatic nitrogens is 2. The first-order chi connectivity index (χ1) is 13.5. The van der Waals surface area contributed by atoms with Crippen LogP contribution in [0, 0.1) is 5.82 Å². The second-order valence-corrected chi connectivity index (χ2v) is 7.38. The molecular formula is C22H15Cl2FN2O. The Morgan fingerprint density at radius 2 is 1.75 bits per heavy atom. The summed E-state index contributed by atoms with van der Waals surface area (Å²) >= 11 is 12.4. The normalized spacial score (nSPS) is 12.2. The van der Waals surface area contributed by atoms with Crippen LogP contribution in [-0.4, -0.2) is 15.1 Å². The average molecular weight is 413 g/mol. The van der Waals surface area contributed by atoms with Gasteiger partial charge in [0.25, 0.3) is 0 Å². The van der Waals surface area contributed by atoms with Crippen LogP contribution in [0.25, 0.3) is 10.9 Å². The molecule has 3 nitrogen and oxygen atoms in total. The van der Waals surface area contributed by atoms with Gasteiger partial charge in [-0.3, -0.25) is 9.97 Å². The molecule has 1 unspecified atom stereocenters. The standard InChI is InChI=1S/C22H15Cl2FN2O/c23-15-8-14(9-16(24)10-15)20(11-18-5-4-17(25)12-27-18)19-6-3-13-2-1-7-26-21(13)22(19)28/h1-10,12,20,28H,11H2. The molecule has 0 aliphatic rings. The second kappa shape index (κ2) is 7.74. The fraction of sp³-hybridized carbons (Fsp3) is 0.0909. The van der Waals surface area contributed by atoms with Crippen LogP contribution in [0.4, 0.5) is 4.39 Å². The maximum absolute atomic E-state index is 13.3. The summed E-state index contributed by atoms with van der Waals surface area (Å²) in [5.74, 6) is -0.592. The van der Waals surface area contributed by atoms with E-state index in [1.807, 2.05) is 36.4 Å². The summed E-state index contributed by atoms with van der Waals surface area (Å²) in [6, 6.07) is 15.7. The second-order valence-electron chi connectivity index (χ2n) is 6.51. The maximum Gasteiger partial charge on any atom is 0.145 e. The SMILES string of the molecule is Oc1c(C(Cc2ccc(F)cn2)c2cc(Cl)cc(Cl)c2)ccc2cccnc12. The van der Waals surface area contributed by atoms with Crippen molar-refractivity contribution in [1.82, 2.24) is 9.97 Å². The zero-order chi connectivity index (χ0) is 19.7. The van der Waals surface area contributed by atoms with Crippen LogP contribution >= 0.6 is 23.2 Å². The third-order valence-electron chi connectivity index (χ3n) is 4.64. The number of fused-ring (bicyclic) bond motifs is 1. The molecule has 0 aliphatic carbocycles. The van der Waals surface area contributed by atoms with Crippen LogP contribution in [0.3, 0.4) is 0 Å². The van der Waals surface area contributed by atoms with Gasteiger partial charge in [0, 0.05) is 45.2 Å². The van der Waals surface area contributed by atoms with Crippen molar-refractivity contribution in [1.29, 1.82) is 0 Å². The van der Waals surface area contributed by atoms with Crippen molar-refractivity contribution in [3.8, 4) is 5.75 Å². The van der Waals surface area contributed by atoms with E-state index < -0.39 is 5.82 Å². The fourth-order valence-electron chi connectivity index (χ4n) is 3.35. The topological polar surface area (TPSA) is 46.0 Å². The first kappa shape index (κ1) is 18.7. The Balaban J connectivity index is 1.87. The summed E-state index contributed by atoms with van der Waals surface area (Å²) < 4.78 is 13.3. The van der Waals surface area contributed by atoms with Crippen LogP contribution in [0.15, 0.2) is 67.0 Å². The van der Waals surface area contributed by atoms with Gasteiger partial charge in [0.2, 0.25) is 0 Å².